The van der Waals surface area contributed by atoms with E-state index in [1.165, 1.54) is 0 Å². The van der Waals surface area contributed by atoms with Gasteiger partial charge in [0.2, 0.25) is 0 Å². The predicted octanol–water partition coefficient (Wildman–Crippen LogP) is 11.0. The van der Waals surface area contributed by atoms with Crippen molar-refractivity contribution in [2.75, 3.05) is 0 Å². The maximum atomic E-state index is 5.32. The third kappa shape index (κ3) is 4.96. The van der Waals surface area contributed by atoms with E-state index < -0.39 is 0 Å². The molecule has 0 aliphatic carbocycles. The van der Waals surface area contributed by atoms with Gasteiger partial charge in [-0.3, -0.25) is 14.1 Å². The van der Waals surface area contributed by atoms with Gasteiger partial charge in [0.05, 0.1) is 22.2 Å². The molecule has 0 atom stereocenters. The highest BCUT2D eigenvalue weighted by molar-refractivity contribution is 6.07. The molecule has 10 aromatic rings. The average molecular weight is 667 g/mol. The summed E-state index contributed by atoms with van der Waals surface area (Å²) < 4.78 is 4.46. The summed E-state index contributed by atoms with van der Waals surface area (Å²) in [5.74, 6) is 1.75. The Kier molecular flexibility index (Phi) is 7.03. The summed E-state index contributed by atoms with van der Waals surface area (Å²) in [4.78, 5) is 20.3. The average Bonchev–Trinajstić information content (AvgIpc) is 3.82. The lowest BCUT2D eigenvalue weighted by Gasteiger charge is -2.13. The summed E-state index contributed by atoms with van der Waals surface area (Å²) in [6.07, 6.45) is 1.81. The fourth-order valence-corrected chi connectivity index (χ4v) is 7.15. The summed E-state index contributed by atoms with van der Waals surface area (Å²) in [5.41, 5.74) is 13.7. The summed E-state index contributed by atoms with van der Waals surface area (Å²) in [5, 5.41) is 0. The number of aromatic nitrogens is 6. The first-order valence-corrected chi connectivity index (χ1v) is 17.3. The van der Waals surface area contributed by atoms with Crippen molar-refractivity contribution in [3.05, 3.63) is 182 Å². The van der Waals surface area contributed by atoms with E-state index in [-0.39, 0.29) is 0 Å². The van der Waals surface area contributed by atoms with E-state index in [4.69, 9.17) is 19.9 Å². The molecule has 10 rings (SSSR count). The minimum Gasteiger partial charge on any atom is -0.292 e. The highest BCUT2D eigenvalue weighted by Crippen LogP contribution is 2.38. The summed E-state index contributed by atoms with van der Waals surface area (Å²) in [6.45, 7) is 0. The standard InChI is InChI=1S/C46H30N6/c1-4-13-33(14-5-1)41-44-43(42-39(48-41)20-12-30-47-42)50-46(52(44)37-17-8-3-9-18-37)35-28-24-32(25-29-35)31-22-26-34(27-23-31)45-49-38-19-10-11-21-40(38)51(45)36-15-6-2-7-16-36/h1-30H. The van der Waals surface area contributed by atoms with Crippen molar-refractivity contribution in [1.82, 2.24) is 29.1 Å². The molecule has 244 valence electrons. The molecule has 0 bridgehead atoms. The van der Waals surface area contributed by atoms with Gasteiger partial charge < -0.3 is 0 Å². The number of rotatable bonds is 6. The van der Waals surface area contributed by atoms with Crippen LogP contribution in [0.15, 0.2) is 182 Å². The molecule has 4 aromatic heterocycles. The number of para-hydroxylation sites is 4. The summed E-state index contributed by atoms with van der Waals surface area (Å²) >= 11 is 0. The van der Waals surface area contributed by atoms with Crippen LogP contribution < -0.4 is 0 Å². The van der Waals surface area contributed by atoms with Gasteiger partial charge in [0, 0.05) is 34.3 Å². The molecule has 6 aromatic carbocycles. The van der Waals surface area contributed by atoms with Crippen LogP contribution in [0.5, 0.6) is 0 Å². The predicted molar refractivity (Wildman–Crippen MR) is 211 cm³/mol. The largest absolute Gasteiger partial charge is 0.292 e. The SMILES string of the molecule is c1ccc(-c2nc3cccnc3c3nc(-c4ccc(-c5ccc(-c6nc7ccccc7n6-c6ccccc6)cc5)cc4)n(-c4ccccc4)c23)cc1. The van der Waals surface area contributed by atoms with Gasteiger partial charge in [-0.2, -0.15) is 0 Å². The van der Waals surface area contributed by atoms with E-state index in [0.717, 1.165) is 89.6 Å². The molecule has 6 nitrogen and oxygen atoms in total. The van der Waals surface area contributed by atoms with Gasteiger partial charge in [-0.1, -0.05) is 127 Å². The molecule has 0 saturated carbocycles. The number of hydrogen-bond donors (Lipinski definition) is 0. The molecule has 0 amide bonds. The van der Waals surface area contributed by atoms with Crippen molar-refractivity contribution >= 4 is 33.1 Å². The van der Waals surface area contributed by atoms with Gasteiger partial charge >= 0.3 is 0 Å². The van der Waals surface area contributed by atoms with E-state index in [0.29, 0.717) is 0 Å². The maximum absolute atomic E-state index is 5.32. The van der Waals surface area contributed by atoms with E-state index in [9.17, 15) is 0 Å². The minimum absolute atomic E-state index is 0.783. The van der Waals surface area contributed by atoms with Crippen molar-refractivity contribution in [3.63, 3.8) is 0 Å². The summed E-state index contributed by atoms with van der Waals surface area (Å²) in [6, 6.07) is 60.7. The van der Waals surface area contributed by atoms with Gasteiger partial charge in [0.25, 0.3) is 0 Å². The lowest BCUT2D eigenvalue weighted by Crippen LogP contribution is -2.00. The zero-order chi connectivity index (χ0) is 34.4. The first kappa shape index (κ1) is 29.7. The molecule has 0 aliphatic heterocycles. The molecule has 0 N–H and O–H groups in total. The maximum Gasteiger partial charge on any atom is 0.145 e. The van der Waals surface area contributed by atoms with Crippen molar-refractivity contribution < 1.29 is 0 Å². The molecular formula is C46H30N6. The molecule has 4 heterocycles. The first-order valence-electron chi connectivity index (χ1n) is 17.3. The van der Waals surface area contributed by atoms with Crippen molar-refractivity contribution in [3.8, 4) is 56.5 Å². The van der Waals surface area contributed by atoms with Crippen LogP contribution in [0.2, 0.25) is 0 Å². The lowest BCUT2D eigenvalue weighted by molar-refractivity contribution is 1.10. The second kappa shape index (κ2) is 12.3. The van der Waals surface area contributed by atoms with Crippen LogP contribution in [0.4, 0.5) is 0 Å². The van der Waals surface area contributed by atoms with Crippen LogP contribution in [-0.2, 0) is 0 Å². The van der Waals surface area contributed by atoms with Crippen LogP contribution in [0.1, 0.15) is 0 Å². The van der Waals surface area contributed by atoms with Gasteiger partial charge in [-0.25, -0.2) is 15.0 Å². The zero-order valence-corrected chi connectivity index (χ0v) is 28.0. The normalized spacial score (nSPS) is 11.5. The fourth-order valence-electron chi connectivity index (χ4n) is 7.15. The van der Waals surface area contributed by atoms with E-state index >= 15 is 0 Å². The van der Waals surface area contributed by atoms with Gasteiger partial charge in [-0.15, -0.1) is 0 Å². The van der Waals surface area contributed by atoms with Crippen LogP contribution in [0, 0.1) is 0 Å². The quantitative estimate of drug-likeness (QED) is 0.177. The Morgan fingerprint density at radius 3 is 1.52 bits per heavy atom. The molecular weight excluding hydrogens is 637 g/mol. The Labute approximate surface area is 300 Å². The monoisotopic (exact) mass is 666 g/mol. The second-order valence-corrected chi connectivity index (χ2v) is 12.8. The highest BCUT2D eigenvalue weighted by Gasteiger charge is 2.22. The van der Waals surface area contributed by atoms with E-state index in [1.54, 1.807) is 0 Å². The topological polar surface area (TPSA) is 61.4 Å². The third-order valence-corrected chi connectivity index (χ3v) is 9.60. The summed E-state index contributed by atoms with van der Waals surface area (Å²) in [7, 11) is 0. The van der Waals surface area contributed by atoms with Crippen molar-refractivity contribution in [2.45, 2.75) is 0 Å². The molecule has 0 spiro atoms. The third-order valence-electron chi connectivity index (χ3n) is 9.60. The van der Waals surface area contributed by atoms with Crippen molar-refractivity contribution in [2.24, 2.45) is 0 Å². The number of imidazole rings is 2. The molecule has 0 radical (unpaired) electrons. The Balaban J connectivity index is 1.08. The second-order valence-electron chi connectivity index (χ2n) is 12.8. The van der Waals surface area contributed by atoms with E-state index in [1.807, 2.05) is 54.7 Å². The van der Waals surface area contributed by atoms with Crippen LogP contribution in [0.25, 0.3) is 89.6 Å². The number of pyridine rings is 2. The van der Waals surface area contributed by atoms with Crippen LogP contribution in [-0.4, -0.2) is 29.1 Å². The molecule has 52 heavy (non-hydrogen) atoms. The number of nitrogens with zero attached hydrogens (tertiary/aromatic N) is 6. The van der Waals surface area contributed by atoms with E-state index in [2.05, 4.69) is 137 Å². The molecule has 0 aliphatic rings. The molecule has 6 heteroatoms. The number of benzene rings is 6. The Morgan fingerprint density at radius 2 is 0.865 bits per heavy atom. The Morgan fingerprint density at radius 1 is 0.346 bits per heavy atom. The van der Waals surface area contributed by atoms with Gasteiger partial charge in [-0.05, 0) is 59.7 Å². The molecule has 0 saturated heterocycles. The van der Waals surface area contributed by atoms with Crippen LogP contribution >= 0.6 is 0 Å². The smallest absolute Gasteiger partial charge is 0.145 e. The molecule has 0 unspecified atom stereocenters. The Bertz CT molecular complexity index is 2860. The first-order chi connectivity index (χ1) is 25.8. The minimum atomic E-state index is 0.783. The highest BCUT2D eigenvalue weighted by atomic mass is 15.1. The van der Waals surface area contributed by atoms with Crippen LogP contribution in [0.3, 0.4) is 0 Å². The number of fused-ring (bicyclic) bond motifs is 4. The van der Waals surface area contributed by atoms with Gasteiger partial charge in [0.15, 0.2) is 0 Å². The number of hydrogen-bond acceptors (Lipinski definition) is 4. The van der Waals surface area contributed by atoms with Gasteiger partial charge in [0.1, 0.15) is 28.2 Å². The fraction of sp³-hybridized carbons (Fsp3) is 0. The molecule has 0 fully saturated rings. The van der Waals surface area contributed by atoms with Crippen molar-refractivity contribution in [1.29, 1.82) is 0 Å². The zero-order valence-electron chi connectivity index (χ0n) is 28.0. The Hall–Kier alpha value is -7.18. The lowest BCUT2D eigenvalue weighted by atomic mass is 10.0.